The zero-order valence-corrected chi connectivity index (χ0v) is 29.4. The lowest BCUT2D eigenvalue weighted by Gasteiger charge is -2.06. The van der Waals surface area contributed by atoms with Gasteiger partial charge in [0.05, 0.1) is 0 Å². The molecule has 7 heteroatoms. The van der Waals surface area contributed by atoms with Gasteiger partial charge in [0.2, 0.25) is 23.7 Å². The van der Waals surface area contributed by atoms with Crippen LogP contribution in [0.3, 0.4) is 0 Å². The van der Waals surface area contributed by atoms with Crippen molar-refractivity contribution in [2.24, 2.45) is 10.7 Å². The lowest BCUT2D eigenvalue weighted by molar-refractivity contribution is -0.120. The van der Waals surface area contributed by atoms with E-state index in [2.05, 4.69) is 53.8 Å². The summed E-state index contributed by atoms with van der Waals surface area (Å²) in [5.41, 5.74) is 5.76. The summed E-state index contributed by atoms with van der Waals surface area (Å²) in [5.74, 6) is -0.944. The van der Waals surface area contributed by atoms with Crippen LogP contribution in [0.2, 0.25) is 0 Å². The molecule has 260 valence electrons. The van der Waals surface area contributed by atoms with Gasteiger partial charge in [0.25, 0.3) is 0 Å². The van der Waals surface area contributed by atoms with E-state index in [0.717, 1.165) is 51.4 Å². The second kappa shape index (κ2) is 34.4. The first-order valence-corrected chi connectivity index (χ1v) is 18.8. The Labute approximate surface area is 277 Å². The van der Waals surface area contributed by atoms with Gasteiger partial charge in [0, 0.05) is 12.8 Å². The van der Waals surface area contributed by atoms with Crippen molar-refractivity contribution in [3.63, 3.8) is 0 Å². The lowest BCUT2D eigenvalue weighted by Crippen LogP contribution is -2.39. The van der Waals surface area contributed by atoms with Gasteiger partial charge in [-0.15, -0.1) is 0 Å². The van der Waals surface area contributed by atoms with Crippen LogP contribution >= 0.6 is 0 Å². The van der Waals surface area contributed by atoms with E-state index in [0.29, 0.717) is 12.8 Å². The fourth-order valence-corrected chi connectivity index (χ4v) is 5.29. The largest absolute Gasteiger partial charge is 0.369 e. The summed E-state index contributed by atoms with van der Waals surface area (Å²) < 4.78 is 0. The van der Waals surface area contributed by atoms with Crippen LogP contribution in [0.4, 0.5) is 0 Å². The van der Waals surface area contributed by atoms with Crippen LogP contribution in [0, 0.1) is 5.41 Å². The predicted molar refractivity (Wildman–Crippen MR) is 195 cm³/mol. The third-order valence-electron chi connectivity index (χ3n) is 8.09. The summed E-state index contributed by atoms with van der Waals surface area (Å²) in [5, 5.41) is 12.8. The Bertz CT molecular complexity index is 806. The molecule has 0 aliphatic rings. The Morgan fingerprint density at radius 1 is 0.511 bits per heavy atom. The number of nitrogens with two attached hydrogens (primary N) is 1. The third kappa shape index (κ3) is 34.3. The zero-order chi connectivity index (χ0) is 33.1. The van der Waals surface area contributed by atoms with Crippen molar-refractivity contribution in [2.45, 2.75) is 194 Å². The molecule has 0 fully saturated rings. The van der Waals surface area contributed by atoms with Crippen molar-refractivity contribution in [3.05, 3.63) is 24.3 Å². The summed E-state index contributed by atoms with van der Waals surface area (Å²) >= 11 is 0. The molecule has 0 bridgehead atoms. The van der Waals surface area contributed by atoms with Crippen LogP contribution in [-0.2, 0) is 9.59 Å². The van der Waals surface area contributed by atoms with E-state index in [1.54, 1.807) is 0 Å². The molecule has 0 spiro atoms. The lowest BCUT2D eigenvalue weighted by atomic mass is 10.1. The van der Waals surface area contributed by atoms with Crippen molar-refractivity contribution < 1.29 is 9.59 Å². The van der Waals surface area contributed by atoms with E-state index in [4.69, 9.17) is 11.1 Å². The Hall–Kier alpha value is -2.44. The quantitative estimate of drug-likeness (QED) is 0.0274. The molecule has 0 heterocycles. The summed E-state index contributed by atoms with van der Waals surface area (Å²) in [6, 6.07) is 0. The van der Waals surface area contributed by atoms with Crippen molar-refractivity contribution in [2.75, 3.05) is 0 Å². The van der Waals surface area contributed by atoms with E-state index in [1.807, 2.05) is 0 Å². The SMILES string of the molecule is CCCCCCCC/C=C\CCCCCCCC(=O)NC(=N)/N=C(\N)NC(=O)CCCCCCC/C=C\CCCCCCCC. The van der Waals surface area contributed by atoms with Crippen LogP contribution in [0.1, 0.15) is 194 Å². The number of nitrogens with one attached hydrogen (secondary N) is 3. The normalized spacial score (nSPS) is 11.9. The minimum absolute atomic E-state index is 0.154. The molecule has 0 aromatic heterocycles. The van der Waals surface area contributed by atoms with Crippen LogP contribution in [-0.4, -0.2) is 23.7 Å². The molecular formula is C38H71N5O2. The van der Waals surface area contributed by atoms with Gasteiger partial charge >= 0.3 is 0 Å². The smallest absolute Gasteiger partial charge is 0.226 e. The van der Waals surface area contributed by atoms with Gasteiger partial charge in [-0.1, -0.05) is 141 Å². The summed E-state index contributed by atoms with van der Waals surface area (Å²) in [7, 11) is 0. The second-order valence-corrected chi connectivity index (χ2v) is 12.6. The van der Waals surface area contributed by atoms with Gasteiger partial charge < -0.3 is 5.73 Å². The maximum absolute atomic E-state index is 12.1. The molecule has 7 nitrogen and oxygen atoms in total. The first-order valence-electron chi connectivity index (χ1n) is 18.8. The Morgan fingerprint density at radius 2 is 0.822 bits per heavy atom. The highest BCUT2D eigenvalue weighted by molar-refractivity contribution is 6.04. The number of aliphatic imine (C=N–C) groups is 1. The number of amides is 2. The van der Waals surface area contributed by atoms with Gasteiger partial charge in [-0.3, -0.25) is 25.6 Å². The molecule has 5 N–H and O–H groups in total. The minimum Gasteiger partial charge on any atom is -0.369 e. The standard InChI is InChI=1S/C38H71N5O2/c1-3-5-7-9-11-13-15-17-19-21-23-25-27-29-31-33-35(44)41-37(39)43-38(40)42-36(45)34-32-30-28-26-24-22-20-18-16-14-12-10-8-6-4-2/h17-20H,3-16,21-34H2,1-2H3,(H5,39,40,41,42,43,44,45)/b19-17-,20-18-. The number of guanidine groups is 2. The van der Waals surface area contributed by atoms with Crippen LogP contribution in [0.25, 0.3) is 0 Å². The highest BCUT2D eigenvalue weighted by Crippen LogP contribution is 2.11. The molecule has 0 aliphatic heterocycles. The molecule has 0 radical (unpaired) electrons. The van der Waals surface area contributed by atoms with E-state index in [9.17, 15) is 9.59 Å². The molecule has 0 rings (SSSR count). The first kappa shape index (κ1) is 42.6. The summed E-state index contributed by atoms with van der Waals surface area (Å²) in [6.45, 7) is 4.51. The summed E-state index contributed by atoms with van der Waals surface area (Å²) in [6.07, 6.45) is 41.5. The number of hydrogen-bond donors (Lipinski definition) is 4. The molecule has 0 aromatic carbocycles. The second-order valence-electron chi connectivity index (χ2n) is 12.6. The topological polar surface area (TPSA) is 120 Å². The highest BCUT2D eigenvalue weighted by Gasteiger charge is 2.07. The molecule has 0 aliphatic carbocycles. The number of hydrogen-bond acceptors (Lipinski definition) is 3. The van der Waals surface area contributed by atoms with Crippen molar-refractivity contribution in [3.8, 4) is 0 Å². The van der Waals surface area contributed by atoms with E-state index < -0.39 is 0 Å². The van der Waals surface area contributed by atoms with Crippen LogP contribution in [0.15, 0.2) is 29.3 Å². The Morgan fingerprint density at radius 3 is 1.20 bits per heavy atom. The van der Waals surface area contributed by atoms with Crippen molar-refractivity contribution >= 4 is 23.7 Å². The predicted octanol–water partition coefficient (Wildman–Crippen LogP) is 10.5. The first-order chi connectivity index (χ1) is 22.0. The van der Waals surface area contributed by atoms with Gasteiger partial charge in [0.15, 0.2) is 0 Å². The maximum atomic E-state index is 12.1. The van der Waals surface area contributed by atoms with Crippen LogP contribution < -0.4 is 16.4 Å². The number of carbonyl (C=O) groups is 2. The zero-order valence-electron chi connectivity index (χ0n) is 29.4. The third-order valence-corrected chi connectivity index (χ3v) is 8.09. The average Bonchev–Trinajstić information content (AvgIpc) is 3.00. The van der Waals surface area contributed by atoms with E-state index >= 15 is 0 Å². The minimum atomic E-state index is -0.341. The fraction of sp³-hybridized carbons (Fsp3) is 0.789. The van der Waals surface area contributed by atoms with Gasteiger partial charge in [0.1, 0.15) is 0 Å². The fourth-order valence-electron chi connectivity index (χ4n) is 5.29. The Balaban J connectivity index is 3.66. The van der Waals surface area contributed by atoms with E-state index in [-0.39, 0.29) is 23.7 Å². The number of allylic oxidation sites excluding steroid dienone is 4. The average molecular weight is 630 g/mol. The highest BCUT2D eigenvalue weighted by atomic mass is 16.2. The van der Waals surface area contributed by atoms with E-state index in [1.165, 1.54) is 116 Å². The van der Waals surface area contributed by atoms with Crippen molar-refractivity contribution in [1.82, 2.24) is 10.6 Å². The molecular weight excluding hydrogens is 558 g/mol. The number of nitrogens with zero attached hydrogens (tertiary/aromatic N) is 1. The molecule has 0 saturated carbocycles. The number of unbranched alkanes of at least 4 members (excludes halogenated alkanes) is 22. The number of carbonyl (C=O) groups excluding carboxylic acids is 2. The van der Waals surface area contributed by atoms with Gasteiger partial charge in [-0.2, -0.15) is 4.99 Å². The maximum Gasteiger partial charge on any atom is 0.226 e. The Kier molecular flexibility index (Phi) is 32.6. The number of rotatable bonds is 30. The van der Waals surface area contributed by atoms with Crippen molar-refractivity contribution in [1.29, 1.82) is 5.41 Å². The van der Waals surface area contributed by atoms with Gasteiger partial charge in [-0.05, 0) is 64.2 Å². The molecule has 2 amide bonds. The molecule has 45 heavy (non-hydrogen) atoms. The summed E-state index contributed by atoms with van der Waals surface area (Å²) in [4.78, 5) is 28.0. The molecule has 0 saturated heterocycles. The monoisotopic (exact) mass is 630 g/mol. The molecule has 0 aromatic rings. The molecule has 0 unspecified atom stereocenters. The van der Waals surface area contributed by atoms with Gasteiger partial charge in [-0.25, -0.2) is 0 Å². The molecule has 0 atom stereocenters. The van der Waals surface area contributed by atoms with Crippen LogP contribution in [0.5, 0.6) is 0 Å².